The van der Waals surface area contributed by atoms with Crippen LogP contribution in [0.15, 0.2) is 41.9 Å². The van der Waals surface area contributed by atoms with E-state index in [2.05, 4.69) is 27.9 Å². The summed E-state index contributed by atoms with van der Waals surface area (Å²) in [5.74, 6) is 0.421. The number of thiazole rings is 1. The fraction of sp³-hybridized carbons (Fsp3) is 0.167. The number of hydrogen-bond donors (Lipinski definition) is 2. The fourth-order valence-electron chi connectivity index (χ4n) is 1.37. The number of nitrogens with two attached hydrogens (primary N) is 1. The average Bonchev–Trinajstić information content (AvgIpc) is 2.76. The lowest BCUT2D eigenvalue weighted by Crippen LogP contribution is -2.31. The van der Waals surface area contributed by atoms with E-state index in [1.54, 1.807) is 17.4 Å². The van der Waals surface area contributed by atoms with Gasteiger partial charge in [0.2, 0.25) is 0 Å². The molecule has 0 unspecified atom stereocenters. The van der Waals surface area contributed by atoms with Gasteiger partial charge < -0.3 is 11.1 Å². The van der Waals surface area contributed by atoms with Gasteiger partial charge in [-0.25, -0.2) is 9.98 Å². The molecule has 0 radical (unpaired) electrons. The van der Waals surface area contributed by atoms with Crippen LogP contribution in [0.2, 0.25) is 0 Å². The number of nitrogens with one attached hydrogen (secondary N) is 1. The van der Waals surface area contributed by atoms with Gasteiger partial charge in [-0.05, 0) is 12.1 Å². The van der Waals surface area contributed by atoms with Gasteiger partial charge in [-0.15, -0.1) is 17.9 Å². The van der Waals surface area contributed by atoms with Crippen LogP contribution in [0, 0.1) is 0 Å². The third kappa shape index (κ3) is 3.04. The number of guanidine groups is 1. The number of hydrogen-bond acceptors (Lipinski definition) is 3. The molecule has 0 aliphatic rings. The Morgan fingerprint density at radius 1 is 1.53 bits per heavy atom. The normalized spacial score (nSPS) is 11.6. The first-order valence-corrected chi connectivity index (χ1v) is 6.10. The fourth-order valence-corrected chi connectivity index (χ4v) is 2.26. The van der Waals surface area contributed by atoms with Gasteiger partial charge in [0, 0.05) is 6.54 Å². The van der Waals surface area contributed by atoms with Crippen LogP contribution in [0.5, 0.6) is 0 Å². The minimum absolute atomic E-state index is 0.421. The maximum absolute atomic E-state index is 5.67. The van der Waals surface area contributed by atoms with E-state index < -0.39 is 0 Å². The van der Waals surface area contributed by atoms with Crippen LogP contribution in [-0.4, -0.2) is 17.5 Å². The molecule has 1 aromatic carbocycles. The molecule has 3 N–H and O–H groups in total. The third-order valence-electron chi connectivity index (χ3n) is 2.15. The predicted octanol–water partition coefficient (Wildman–Crippen LogP) is 1.89. The van der Waals surface area contributed by atoms with Crippen molar-refractivity contribution in [1.29, 1.82) is 0 Å². The Morgan fingerprint density at radius 3 is 3.12 bits per heavy atom. The van der Waals surface area contributed by atoms with Gasteiger partial charge in [-0.3, -0.25) is 0 Å². The SMILES string of the molecule is C=CCNC(N)=NCc1nc2ccccc2s1. The zero-order valence-corrected chi connectivity index (χ0v) is 10.2. The van der Waals surface area contributed by atoms with Crippen molar-refractivity contribution in [3.63, 3.8) is 0 Å². The first kappa shape index (κ1) is 11.6. The molecular formula is C12H14N4S. The second-order valence-electron chi connectivity index (χ2n) is 3.45. The van der Waals surface area contributed by atoms with E-state index in [-0.39, 0.29) is 0 Å². The molecule has 88 valence electrons. The number of fused-ring (bicyclic) bond motifs is 1. The molecule has 0 atom stereocenters. The molecule has 1 aromatic heterocycles. The second kappa shape index (κ2) is 5.45. The molecule has 1 heterocycles. The van der Waals surface area contributed by atoms with Crippen molar-refractivity contribution in [2.75, 3.05) is 6.54 Å². The van der Waals surface area contributed by atoms with Crippen LogP contribution in [-0.2, 0) is 6.54 Å². The molecule has 0 aliphatic heterocycles. The minimum atomic E-state index is 0.421. The van der Waals surface area contributed by atoms with Gasteiger partial charge in [0.15, 0.2) is 5.96 Å². The molecule has 0 spiro atoms. The molecule has 0 amide bonds. The minimum Gasteiger partial charge on any atom is -0.370 e. The molecule has 0 bridgehead atoms. The standard InChI is InChI=1S/C12H14N4S/c1-2-7-14-12(13)15-8-11-16-9-5-3-4-6-10(9)17-11/h2-6H,1,7-8H2,(H3,13,14,15). The van der Waals surface area contributed by atoms with Crippen LogP contribution >= 0.6 is 11.3 Å². The summed E-state index contributed by atoms with van der Waals surface area (Å²) < 4.78 is 1.18. The van der Waals surface area contributed by atoms with Gasteiger partial charge in [-0.1, -0.05) is 18.2 Å². The highest BCUT2D eigenvalue weighted by Gasteiger charge is 2.01. The molecule has 0 saturated carbocycles. The van der Waals surface area contributed by atoms with E-state index in [9.17, 15) is 0 Å². The number of benzene rings is 1. The smallest absolute Gasteiger partial charge is 0.189 e. The van der Waals surface area contributed by atoms with Gasteiger partial charge in [0.1, 0.15) is 5.01 Å². The van der Waals surface area contributed by atoms with E-state index >= 15 is 0 Å². The number of rotatable bonds is 4. The highest BCUT2D eigenvalue weighted by Crippen LogP contribution is 2.21. The molecule has 0 fully saturated rings. The summed E-state index contributed by atoms with van der Waals surface area (Å²) in [6.45, 7) is 4.73. The molecule has 2 rings (SSSR count). The zero-order valence-electron chi connectivity index (χ0n) is 9.39. The maximum atomic E-state index is 5.67. The highest BCUT2D eigenvalue weighted by atomic mass is 32.1. The van der Waals surface area contributed by atoms with E-state index in [1.165, 1.54) is 4.70 Å². The van der Waals surface area contributed by atoms with Crippen LogP contribution < -0.4 is 11.1 Å². The lowest BCUT2D eigenvalue weighted by Gasteiger charge is -2.00. The second-order valence-corrected chi connectivity index (χ2v) is 4.56. The summed E-state index contributed by atoms with van der Waals surface area (Å²) in [7, 11) is 0. The van der Waals surface area contributed by atoms with Gasteiger partial charge in [0.05, 0.1) is 16.8 Å². The van der Waals surface area contributed by atoms with Gasteiger partial charge >= 0.3 is 0 Å². The Kier molecular flexibility index (Phi) is 3.72. The summed E-state index contributed by atoms with van der Waals surface area (Å²) in [6, 6.07) is 8.04. The zero-order chi connectivity index (χ0) is 12.1. The summed E-state index contributed by atoms with van der Waals surface area (Å²) in [4.78, 5) is 8.68. The number of para-hydroxylation sites is 1. The van der Waals surface area contributed by atoms with Crippen LogP contribution in [0.1, 0.15) is 5.01 Å². The Balaban J connectivity index is 2.05. The van der Waals surface area contributed by atoms with E-state index in [4.69, 9.17) is 5.73 Å². The topological polar surface area (TPSA) is 63.3 Å². The first-order chi connectivity index (χ1) is 8.29. The van der Waals surface area contributed by atoms with E-state index in [0.717, 1.165) is 10.5 Å². The van der Waals surface area contributed by atoms with Crippen molar-refractivity contribution in [2.24, 2.45) is 10.7 Å². The lowest BCUT2D eigenvalue weighted by atomic mass is 10.3. The Bertz CT molecular complexity index is 511. The van der Waals surface area contributed by atoms with E-state index in [0.29, 0.717) is 19.0 Å². The maximum Gasteiger partial charge on any atom is 0.189 e. The first-order valence-electron chi connectivity index (χ1n) is 5.28. The monoisotopic (exact) mass is 246 g/mol. The van der Waals surface area contributed by atoms with Gasteiger partial charge in [-0.2, -0.15) is 0 Å². The van der Waals surface area contributed by atoms with Crippen molar-refractivity contribution in [3.8, 4) is 0 Å². The summed E-state index contributed by atoms with van der Waals surface area (Å²) in [5.41, 5.74) is 6.68. The average molecular weight is 246 g/mol. The van der Waals surface area contributed by atoms with E-state index in [1.807, 2.05) is 18.2 Å². The molecule has 0 saturated heterocycles. The van der Waals surface area contributed by atoms with Crippen LogP contribution in [0.4, 0.5) is 0 Å². The summed E-state index contributed by atoms with van der Waals surface area (Å²) in [6.07, 6.45) is 1.74. The Labute approximate surface area is 104 Å². The molecule has 0 aliphatic carbocycles. The van der Waals surface area contributed by atoms with Crippen LogP contribution in [0.3, 0.4) is 0 Å². The van der Waals surface area contributed by atoms with Crippen molar-refractivity contribution < 1.29 is 0 Å². The molecule has 4 nitrogen and oxygen atoms in total. The molecule has 2 aromatic rings. The largest absolute Gasteiger partial charge is 0.370 e. The highest BCUT2D eigenvalue weighted by molar-refractivity contribution is 7.18. The molecule has 5 heteroatoms. The summed E-state index contributed by atoms with van der Waals surface area (Å²) in [5, 5.41) is 3.89. The van der Waals surface area contributed by atoms with Crippen molar-refractivity contribution in [2.45, 2.75) is 6.54 Å². The van der Waals surface area contributed by atoms with Crippen molar-refractivity contribution in [3.05, 3.63) is 41.9 Å². The predicted molar refractivity (Wildman–Crippen MR) is 73.1 cm³/mol. The number of nitrogens with zero attached hydrogens (tertiary/aromatic N) is 2. The molecule has 17 heavy (non-hydrogen) atoms. The Hall–Kier alpha value is -1.88. The quantitative estimate of drug-likeness (QED) is 0.492. The molecular weight excluding hydrogens is 232 g/mol. The summed E-state index contributed by atoms with van der Waals surface area (Å²) >= 11 is 1.64. The third-order valence-corrected chi connectivity index (χ3v) is 3.17. The van der Waals surface area contributed by atoms with Crippen LogP contribution in [0.25, 0.3) is 10.2 Å². The lowest BCUT2D eigenvalue weighted by molar-refractivity contribution is 0.964. The number of aliphatic imine (C=N–C) groups is 1. The number of aromatic nitrogens is 1. The van der Waals surface area contributed by atoms with Gasteiger partial charge in [0.25, 0.3) is 0 Å². The Morgan fingerprint density at radius 2 is 2.35 bits per heavy atom. The van der Waals surface area contributed by atoms with Crippen molar-refractivity contribution in [1.82, 2.24) is 10.3 Å². The van der Waals surface area contributed by atoms with Crippen molar-refractivity contribution >= 4 is 27.5 Å².